The van der Waals surface area contributed by atoms with Crippen molar-refractivity contribution in [3.05, 3.63) is 170 Å². The third-order valence-electron chi connectivity index (χ3n) is 10.2. The summed E-state index contributed by atoms with van der Waals surface area (Å²) in [5, 5.41) is 6.80. The van der Waals surface area contributed by atoms with Gasteiger partial charge in [-0.25, -0.2) is 19.9 Å². The molecule has 0 spiro atoms. The van der Waals surface area contributed by atoms with E-state index in [1.54, 1.807) is 11.3 Å². The number of aromatic nitrogens is 4. The largest absolute Gasteiger partial charge is 0.436 e. The molecule has 0 radical (unpaired) electrons. The van der Waals surface area contributed by atoms with Crippen LogP contribution < -0.4 is 0 Å². The van der Waals surface area contributed by atoms with Crippen LogP contribution >= 0.6 is 11.3 Å². The van der Waals surface area contributed by atoms with Gasteiger partial charge >= 0.3 is 0 Å². The Morgan fingerprint density at radius 2 is 1.00 bits per heavy atom. The monoisotopic (exact) mass is 708 g/mol. The van der Waals surface area contributed by atoms with Gasteiger partial charge in [0, 0.05) is 36.9 Å². The molecule has 0 bridgehead atoms. The lowest BCUT2D eigenvalue weighted by Gasteiger charge is -2.13. The van der Waals surface area contributed by atoms with Crippen LogP contribution in [0, 0.1) is 0 Å². The molecule has 0 saturated heterocycles. The summed E-state index contributed by atoms with van der Waals surface area (Å²) in [7, 11) is 0. The van der Waals surface area contributed by atoms with Crippen molar-refractivity contribution in [3.8, 4) is 56.7 Å². The zero-order chi connectivity index (χ0) is 35.6. The van der Waals surface area contributed by atoms with Crippen LogP contribution in [0.25, 0.3) is 110 Å². The van der Waals surface area contributed by atoms with Crippen molar-refractivity contribution in [3.63, 3.8) is 0 Å². The molecule has 11 aromatic rings. The van der Waals surface area contributed by atoms with Gasteiger partial charge in [0.15, 0.2) is 23.1 Å². The fourth-order valence-corrected chi connectivity index (χ4v) is 8.80. The Kier molecular flexibility index (Phi) is 6.97. The molecule has 5 nitrogen and oxygen atoms in total. The van der Waals surface area contributed by atoms with Crippen LogP contribution in [0.3, 0.4) is 0 Å². The molecule has 0 fully saturated rings. The van der Waals surface area contributed by atoms with Crippen LogP contribution in [-0.4, -0.2) is 19.9 Å². The lowest BCUT2D eigenvalue weighted by Crippen LogP contribution is -2.01. The molecule has 0 atom stereocenters. The van der Waals surface area contributed by atoms with E-state index in [0.29, 0.717) is 28.9 Å². The summed E-state index contributed by atoms with van der Waals surface area (Å²) in [5.74, 6) is 2.30. The van der Waals surface area contributed by atoms with Crippen molar-refractivity contribution < 1.29 is 4.42 Å². The predicted octanol–water partition coefficient (Wildman–Crippen LogP) is 13.0. The Labute approximate surface area is 313 Å². The molecule has 6 heteroatoms. The van der Waals surface area contributed by atoms with Crippen LogP contribution in [0.15, 0.2) is 174 Å². The number of nitrogens with zero attached hydrogens (tertiary/aromatic N) is 4. The molecule has 8 aromatic carbocycles. The third-order valence-corrected chi connectivity index (χ3v) is 11.4. The van der Waals surface area contributed by atoms with Gasteiger partial charge in [0.05, 0.1) is 5.56 Å². The highest BCUT2D eigenvalue weighted by Crippen LogP contribution is 2.45. The number of rotatable bonds is 5. The Morgan fingerprint density at radius 3 is 1.80 bits per heavy atom. The Morgan fingerprint density at radius 1 is 0.407 bits per heavy atom. The maximum Gasteiger partial charge on any atom is 0.227 e. The first-order chi connectivity index (χ1) is 26.7. The van der Waals surface area contributed by atoms with Crippen LogP contribution in [0.4, 0.5) is 0 Å². The molecule has 0 aliphatic carbocycles. The minimum Gasteiger partial charge on any atom is -0.436 e. The molecule has 54 heavy (non-hydrogen) atoms. The van der Waals surface area contributed by atoms with Crippen LogP contribution in [0.1, 0.15) is 0 Å². The van der Waals surface area contributed by atoms with Crippen molar-refractivity contribution in [1.82, 2.24) is 19.9 Å². The van der Waals surface area contributed by atoms with Crippen LogP contribution in [0.5, 0.6) is 0 Å². The lowest BCUT2D eigenvalue weighted by atomic mass is 9.97. The highest BCUT2D eigenvalue weighted by atomic mass is 32.1. The Bertz CT molecular complexity index is 3210. The van der Waals surface area contributed by atoms with Crippen molar-refractivity contribution in [1.29, 1.82) is 0 Å². The fraction of sp³-hybridized carbons (Fsp3) is 0. The van der Waals surface area contributed by atoms with Gasteiger partial charge in [-0.3, -0.25) is 0 Å². The smallest absolute Gasteiger partial charge is 0.227 e. The van der Waals surface area contributed by atoms with Gasteiger partial charge in [-0.1, -0.05) is 140 Å². The van der Waals surface area contributed by atoms with Gasteiger partial charge in [-0.2, -0.15) is 0 Å². The van der Waals surface area contributed by atoms with Gasteiger partial charge < -0.3 is 4.42 Å². The summed E-state index contributed by atoms with van der Waals surface area (Å²) >= 11 is 1.73. The van der Waals surface area contributed by atoms with E-state index in [0.717, 1.165) is 70.5 Å². The van der Waals surface area contributed by atoms with Gasteiger partial charge in [0.25, 0.3) is 0 Å². The molecule has 3 heterocycles. The summed E-state index contributed by atoms with van der Waals surface area (Å²) in [5.41, 5.74) is 7.29. The SMILES string of the molecule is c1ccc(-c2ccc(-c3nc4c(-c5nc(-c6ccccc6)nc(-c6cc7ccccc7c7ccccc67)n5)c5sc6ccccc6c5cc4o3)cc2)cc1. The average molecular weight is 709 g/mol. The van der Waals surface area contributed by atoms with Gasteiger partial charge in [0.2, 0.25) is 5.89 Å². The van der Waals surface area contributed by atoms with E-state index in [9.17, 15) is 0 Å². The summed E-state index contributed by atoms with van der Waals surface area (Å²) in [6.07, 6.45) is 0. The van der Waals surface area contributed by atoms with Crippen molar-refractivity contribution in [2.45, 2.75) is 0 Å². The molecule has 0 N–H and O–H groups in total. The second-order valence-electron chi connectivity index (χ2n) is 13.4. The quantitative estimate of drug-likeness (QED) is 0.167. The molecule has 11 rings (SSSR count). The Hall–Kier alpha value is -7.02. The van der Waals surface area contributed by atoms with Gasteiger partial charge in [-0.15, -0.1) is 11.3 Å². The number of benzene rings is 8. The topological polar surface area (TPSA) is 64.7 Å². The highest BCUT2D eigenvalue weighted by molar-refractivity contribution is 7.26. The van der Waals surface area contributed by atoms with E-state index in [1.165, 1.54) is 10.1 Å². The number of fused-ring (bicyclic) bond motifs is 7. The standard InChI is InChI=1S/C48H28N4OS/c1-3-13-29(14-4-1)30-23-25-32(26-24-30)48-49-43-40(53-48)28-38-37-21-11-12-22-41(37)54-44(38)42(43)47-51-45(31-15-5-2-6-16-31)50-46(52-47)39-27-33-17-7-8-18-34(33)35-19-9-10-20-36(35)39/h1-28H. The van der Waals surface area contributed by atoms with E-state index in [4.69, 9.17) is 24.4 Å². The Balaban J connectivity index is 1.19. The first-order valence-electron chi connectivity index (χ1n) is 17.9. The van der Waals surface area contributed by atoms with Gasteiger partial charge in [0.1, 0.15) is 5.52 Å². The molecule has 0 saturated carbocycles. The normalized spacial score (nSPS) is 11.7. The summed E-state index contributed by atoms with van der Waals surface area (Å²) in [6.45, 7) is 0. The summed E-state index contributed by atoms with van der Waals surface area (Å²) < 4.78 is 8.88. The number of thiophene rings is 1. The molecule has 0 unspecified atom stereocenters. The number of oxazole rings is 1. The predicted molar refractivity (Wildman–Crippen MR) is 222 cm³/mol. The van der Waals surface area contributed by atoms with E-state index >= 15 is 0 Å². The molecule has 0 aliphatic heterocycles. The maximum atomic E-state index is 6.65. The molecule has 3 aromatic heterocycles. The first-order valence-corrected chi connectivity index (χ1v) is 18.7. The maximum absolute atomic E-state index is 6.65. The molecule has 0 aliphatic rings. The second kappa shape index (κ2) is 12.3. The van der Waals surface area contributed by atoms with Crippen molar-refractivity contribution in [2.24, 2.45) is 0 Å². The van der Waals surface area contributed by atoms with E-state index < -0.39 is 0 Å². The zero-order valence-corrected chi connectivity index (χ0v) is 29.6. The van der Waals surface area contributed by atoms with Gasteiger partial charge in [-0.05, 0) is 63.0 Å². The van der Waals surface area contributed by atoms with E-state index in [2.05, 4.69) is 133 Å². The van der Waals surface area contributed by atoms with E-state index in [-0.39, 0.29) is 0 Å². The van der Waals surface area contributed by atoms with Crippen LogP contribution in [0.2, 0.25) is 0 Å². The zero-order valence-electron chi connectivity index (χ0n) is 28.8. The van der Waals surface area contributed by atoms with Crippen molar-refractivity contribution in [2.75, 3.05) is 0 Å². The molecule has 0 amide bonds. The van der Waals surface area contributed by atoms with Crippen molar-refractivity contribution >= 4 is 64.2 Å². The highest BCUT2D eigenvalue weighted by Gasteiger charge is 2.24. The molecular weight excluding hydrogens is 681 g/mol. The first kappa shape index (κ1) is 30.6. The van der Waals surface area contributed by atoms with Crippen LogP contribution in [-0.2, 0) is 0 Å². The minimum absolute atomic E-state index is 0.547. The third kappa shape index (κ3) is 4.99. The molecule has 252 valence electrons. The molecular formula is C48H28N4OS. The minimum atomic E-state index is 0.547. The average Bonchev–Trinajstić information content (AvgIpc) is 3.84. The summed E-state index contributed by atoms with van der Waals surface area (Å²) in [6, 6.07) is 58.7. The summed E-state index contributed by atoms with van der Waals surface area (Å²) in [4.78, 5) is 21.0. The second-order valence-corrected chi connectivity index (χ2v) is 14.5. The fourth-order valence-electron chi connectivity index (χ4n) is 7.57. The number of hydrogen-bond donors (Lipinski definition) is 0. The van der Waals surface area contributed by atoms with E-state index in [1.807, 2.05) is 36.4 Å². The number of hydrogen-bond acceptors (Lipinski definition) is 6. The lowest BCUT2D eigenvalue weighted by molar-refractivity contribution is 0.620.